The summed E-state index contributed by atoms with van der Waals surface area (Å²) in [4.78, 5) is 29.3. The number of carbonyl (C=O) groups excluding carboxylic acids is 2. The SMILES string of the molecule is COc1ccc(CN2C(=O)[C@H]([C@@H](C)OC(C)=O)[C@H]2C(Sc2ccccc2)Sc2ccccc2)cc1. The highest BCUT2D eigenvalue weighted by atomic mass is 32.2. The lowest BCUT2D eigenvalue weighted by Gasteiger charge is -2.51. The molecule has 0 unspecified atom stereocenters. The summed E-state index contributed by atoms with van der Waals surface area (Å²) >= 11 is 3.48. The van der Waals surface area contributed by atoms with E-state index in [0.717, 1.165) is 21.1 Å². The van der Waals surface area contributed by atoms with Crippen molar-refractivity contribution in [3.63, 3.8) is 0 Å². The Kier molecular flexibility index (Phi) is 8.42. The quantitative estimate of drug-likeness (QED) is 0.148. The lowest BCUT2D eigenvalue weighted by atomic mass is 9.83. The largest absolute Gasteiger partial charge is 0.497 e. The fourth-order valence-corrected chi connectivity index (χ4v) is 7.20. The van der Waals surface area contributed by atoms with Gasteiger partial charge in [0.1, 0.15) is 11.9 Å². The first-order valence-corrected chi connectivity index (χ1v) is 13.3. The number of esters is 1. The zero-order valence-electron chi connectivity index (χ0n) is 20.0. The van der Waals surface area contributed by atoms with Crippen molar-refractivity contribution in [1.29, 1.82) is 0 Å². The molecule has 0 radical (unpaired) electrons. The van der Waals surface area contributed by atoms with Crippen LogP contribution in [0.25, 0.3) is 0 Å². The molecule has 5 nitrogen and oxygen atoms in total. The summed E-state index contributed by atoms with van der Waals surface area (Å²) in [6.07, 6.45) is -0.507. The van der Waals surface area contributed by atoms with Gasteiger partial charge in [-0.1, -0.05) is 48.5 Å². The molecule has 4 rings (SSSR count). The van der Waals surface area contributed by atoms with Gasteiger partial charge >= 0.3 is 5.97 Å². The van der Waals surface area contributed by atoms with E-state index in [1.165, 1.54) is 6.92 Å². The number of ether oxygens (including phenoxy) is 2. The highest BCUT2D eigenvalue weighted by Gasteiger charge is 2.54. The van der Waals surface area contributed by atoms with Crippen LogP contribution in [0.15, 0.2) is 94.7 Å². The Morgan fingerprint density at radius 2 is 1.46 bits per heavy atom. The second-order valence-corrected chi connectivity index (χ2v) is 11.1. The van der Waals surface area contributed by atoms with E-state index < -0.39 is 12.0 Å². The van der Waals surface area contributed by atoms with Gasteiger partial charge < -0.3 is 14.4 Å². The first-order valence-electron chi connectivity index (χ1n) is 11.5. The minimum absolute atomic E-state index is 0.00115. The summed E-state index contributed by atoms with van der Waals surface area (Å²) in [6, 6.07) is 28.1. The zero-order valence-corrected chi connectivity index (χ0v) is 21.6. The van der Waals surface area contributed by atoms with Crippen molar-refractivity contribution >= 4 is 35.4 Å². The smallest absolute Gasteiger partial charge is 0.302 e. The predicted molar refractivity (Wildman–Crippen MR) is 140 cm³/mol. The average Bonchev–Trinajstić information content (AvgIpc) is 2.86. The normalized spacial score (nSPS) is 18.2. The van der Waals surface area contributed by atoms with Crippen molar-refractivity contribution in [2.45, 2.75) is 46.9 Å². The molecule has 1 heterocycles. The molecule has 7 heteroatoms. The minimum Gasteiger partial charge on any atom is -0.497 e. The maximum atomic E-state index is 13.4. The Hall–Kier alpha value is -2.90. The summed E-state index contributed by atoms with van der Waals surface area (Å²) in [5.74, 6) is 0.000768. The Morgan fingerprint density at radius 3 is 1.94 bits per heavy atom. The van der Waals surface area contributed by atoms with Crippen LogP contribution in [-0.4, -0.2) is 40.6 Å². The number of thioether (sulfide) groups is 2. The van der Waals surface area contributed by atoms with Crippen LogP contribution in [0.4, 0.5) is 0 Å². The standard InChI is InChI=1S/C28H29NO4S2/c1-19(33-20(2)30)25-26(29(27(25)31)18-21-14-16-22(32-3)17-15-21)28(34-23-10-6-4-7-11-23)35-24-12-8-5-9-13-24/h4-17,19,25-26,28H,18H2,1-3H3/t19-,25-,26+/m1/s1. The third kappa shape index (κ3) is 6.21. The number of carbonyl (C=O) groups is 2. The van der Waals surface area contributed by atoms with E-state index in [0.29, 0.717) is 6.54 Å². The molecule has 1 aliphatic rings. The Labute approximate surface area is 215 Å². The van der Waals surface area contributed by atoms with E-state index in [4.69, 9.17) is 9.47 Å². The lowest BCUT2D eigenvalue weighted by molar-refractivity contribution is -0.171. The van der Waals surface area contributed by atoms with Crippen molar-refractivity contribution in [3.8, 4) is 5.75 Å². The Balaban J connectivity index is 1.66. The van der Waals surface area contributed by atoms with E-state index >= 15 is 0 Å². The van der Waals surface area contributed by atoms with E-state index in [2.05, 4.69) is 24.3 Å². The molecular weight excluding hydrogens is 478 g/mol. The summed E-state index contributed by atoms with van der Waals surface area (Å²) in [7, 11) is 1.64. The van der Waals surface area contributed by atoms with Gasteiger partial charge in [-0.05, 0) is 48.9 Å². The number of methoxy groups -OCH3 is 1. The number of rotatable bonds is 10. The van der Waals surface area contributed by atoms with E-state index in [1.54, 1.807) is 30.6 Å². The molecule has 1 aliphatic heterocycles. The lowest BCUT2D eigenvalue weighted by Crippen LogP contribution is -2.67. The number of nitrogens with zero attached hydrogens (tertiary/aromatic N) is 1. The van der Waals surface area contributed by atoms with Gasteiger partial charge in [0, 0.05) is 23.3 Å². The van der Waals surface area contributed by atoms with E-state index in [9.17, 15) is 9.59 Å². The molecule has 1 saturated heterocycles. The maximum Gasteiger partial charge on any atom is 0.302 e. The molecule has 0 aliphatic carbocycles. The number of benzene rings is 3. The molecule has 182 valence electrons. The second-order valence-electron chi connectivity index (χ2n) is 8.38. The van der Waals surface area contributed by atoms with Gasteiger partial charge in [-0.15, -0.1) is 23.5 Å². The molecule has 1 fully saturated rings. The van der Waals surface area contributed by atoms with E-state index in [1.807, 2.05) is 72.5 Å². The summed E-state index contributed by atoms with van der Waals surface area (Å²) in [5, 5.41) is 0. The van der Waals surface area contributed by atoms with Gasteiger partial charge in [0.25, 0.3) is 0 Å². The van der Waals surface area contributed by atoms with Crippen molar-refractivity contribution < 1.29 is 19.1 Å². The third-order valence-electron chi connectivity index (χ3n) is 5.94. The van der Waals surface area contributed by atoms with Crippen LogP contribution in [-0.2, 0) is 20.9 Å². The molecule has 0 N–H and O–H groups in total. The van der Waals surface area contributed by atoms with Crippen LogP contribution < -0.4 is 4.74 Å². The van der Waals surface area contributed by atoms with Crippen molar-refractivity contribution in [1.82, 2.24) is 4.90 Å². The topological polar surface area (TPSA) is 55.8 Å². The fourth-order valence-electron chi connectivity index (χ4n) is 4.27. The van der Waals surface area contributed by atoms with Gasteiger partial charge in [0.05, 0.1) is 23.7 Å². The van der Waals surface area contributed by atoms with E-state index in [-0.39, 0.29) is 22.5 Å². The molecule has 0 bridgehead atoms. The van der Waals surface area contributed by atoms with Gasteiger partial charge in [0.15, 0.2) is 0 Å². The predicted octanol–water partition coefficient (Wildman–Crippen LogP) is 5.88. The Morgan fingerprint density at radius 1 is 0.914 bits per heavy atom. The van der Waals surface area contributed by atoms with Crippen LogP contribution in [0.3, 0.4) is 0 Å². The number of amides is 1. The van der Waals surface area contributed by atoms with Crippen molar-refractivity contribution in [3.05, 3.63) is 90.5 Å². The van der Waals surface area contributed by atoms with Gasteiger partial charge in [-0.2, -0.15) is 0 Å². The molecule has 0 spiro atoms. The zero-order chi connectivity index (χ0) is 24.8. The number of hydrogen-bond donors (Lipinski definition) is 0. The van der Waals surface area contributed by atoms with Gasteiger partial charge in [-0.3, -0.25) is 9.59 Å². The Bertz CT molecular complexity index is 1080. The van der Waals surface area contributed by atoms with Crippen molar-refractivity contribution in [2.24, 2.45) is 5.92 Å². The number of β-lactam (4-membered cyclic amide) rings is 1. The number of hydrogen-bond acceptors (Lipinski definition) is 6. The summed E-state index contributed by atoms with van der Waals surface area (Å²) < 4.78 is 10.8. The summed E-state index contributed by atoms with van der Waals surface area (Å²) in [6.45, 7) is 3.69. The monoisotopic (exact) mass is 507 g/mol. The van der Waals surface area contributed by atoms with Gasteiger partial charge in [-0.25, -0.2) is 0 Å². The van der Waals surface area contributed by atoms with Crippen LogP contribution in [0.2, 0.25) is 0 Å². The highest BCUT2D eigenvalue weighted by molar-refractivity contribution is 8.17. The van der Waals surface area contributed by atoms with Crippen molar-refractivity contribution in [2.75, 3.05) is 7.11 Å². The molecule has 3 aromatic carbocycles. The molecule has 3 atom stereocenters. The molecule has 0 saturated carbocycles. The number of likely N-dealkylation sites (tertiary alicyclic amines) is 1. The molecule has 3 aromatic rings. The average molecular weight is 508 g/mol. The second kappa shape index (κ2) is 11.7. The third-order valence-corrected chi connectivity index (χ3v) is 8.62. The van der Waals surface area contributed by atoms with Gasteiger partial charge in [0.2, 0.25) is 5.91 Å². The first-order chi connectivity index (χ1) is 17.0. The first kappa shape index (κ1) is 25.2. The van der Waals surface area contributed by atoms with Crippen LogP contribution >= 0.6 is 23.5 Å². The van der Waals surface area contributed by atoms with Crippen LogP contribution in [0.5, 0.6) is 5.75 Å². The fraction of sp³-hybridized carbons (Fsp3) is 0.286. The van der Waals surface area contributed by atoms with Crippen LogP contribution in [0.1, 0.15) is 19.4 Å². The minimum atomic E-state index is -0.507. The summed E-state index contributed by atoms with van der Waals surface area (Å²) in [5.41, 5.74) is 1.02. The van der Waals surface area contributed by atoms with Crippen LogP contribution in [0, 0.1) is 5.92 Å². The molecule has 0 aromatic heterocycles. The molecular formula is C28H29NO4S2. The molecule has 1 amide bonds. The molecule has 35 heavy (non-hydrogen) atoms. The maximum absolute atomic E-state index is 13.4. The highest BCUT2D eigenvalue weighted by Crippen LogP contribution is 2.47.